The average Bonchev–Trinajstić information content (AvgIpc) is 2.77. The molecule has 1 aliphatic rings. The van der Waals surface area contributed by atoms with Crippen molar-refractivity contribution in [3.63, 3.8) is 0 Å². The lowest BCUT2D eigenvalue weighted by molar-refractivity contribution is -0.116. The summed E-state index contributed by atoms with van der Waals surface area (Å²) in [6.07, 6.45) is 1.00. The number of benzene rings is 2. The normalized spacial score (nSPS) is 15.4. The maximum Gasteiger partial charge on any atom is 0.247 e. The van der Waals surface area contributed by atoms with Gasteiger partial charge in [-0.1, -0.05) is 18.2 Å². The molecule has 0 bridgehead atoms. The fraction of sp³-hybridized carbons (Fsp3) is 0.350. The first kappa shape index (κ1) is 23.2. The van der Waals surface area contributed by atoms with E-state index in [9.17, 15) is 21.6 Å². The van der Waals surface area contributed by atoms with Crippen LogP contribution in [0, 0.1) is 0 Å². The van der Waals surface area contributed by atoms with Gasteiger partial charge in [-0.25, -0.2) is 16.8 Å². The van der Waals surface area contributed by atoms with Gasteiger partial charge >= 0.3 is 0 Å². The van der Waals surface area contributed by atoms with E-state index in [4.69, 9.17) is 4.74 Å². The van der Waals surface area contributed by atoms with E-state index in [1.165, 1.54) is 33.5 Å². The molecule has 168 valence electrons. The van der Waals surface area contributed by atoms with Crippen molar-refractivity contribution in [3.05, 3.63) is 54.6 Å². The molecule has 0 radical (unpaired) electrons. The smallest absolute Gasteiger partial charge is 0.247 e. The molecule has 0 atom stereocenters. The summed E-state index contributed by atoms with van der Waals surface area (Å²) >= 11 is 0. The van der Waals surface area contributed by atoms with Crippen molar-refractivity contribution in [3.8, 4) is 0 Å². The van der Waals surface area contributed by atoms with Crippen molar-refractivity contribution < 1.29 is 26.4 Å². The Morgan fingerprint density at radius 1 is 0.935 bits per heavy atom. The second kappa shape index (κ2) is 9.35. The van der Waals surface area contributed by atoms with E-state index < -0.39 is 32.5 Å². The highest BCUT2D eigenvalue weighted by molar-refractivity contribution is 7.92. The highest BCUT2D eigenvalue weighted by Gasteiger charge is 2.28. The molecular formula is C20H25N3O6S2. The standard InChI is InChI=1S/C20H25N3O6S2/c1-21(17-6-4-3-5-7-17)20(24)16-23(30(2,25)26)18-8-10-19(11-9-18)31(27,28)22-12-14-29-15-13-22/h3-11H,12-16H2,1-2H3. The lowest BCUT2D eigenvalue weighted by atomic mass is 10.3. The van der Waals surface area contributed by atoms with Crippen molar-refractivity contribution in [1.82, 2.24) is 4.31 Å². The van der Waals surface area contributed by atoms with Crippen LogP contribution in [0.3, 0.4) is 0 Å². The Morgan fingerprint density at radius 3 is 2.06 bits per heavy atom. The minimum Gasteiger partial charge on any atom is -0.379 e. The monoisotopic (exact) mass is 467 g/mol. The summed E-state index contributed by atoms with van der Waals surface area (Å²) in [7, 11) is -5.92. The minimum absolute atomic E-state index is 0.0549. The summed E-state index contributed by atoms with van der Waals surface area (Å²) in [4.78, 5) is 14.1. The third-order valence-electron chi connectivity index (χ3n) is 4.93. The number of rotatable bonds is 7. The Balaban J connectivity index is 1.82. The molecule has 2 aromatic rings. The van der Waals surface area contributed by atoms with E-state index in [-0.39, 0.29) is 23.7 Å². The molecule has 2 aromatic carbocycles. The van der Waals surface area contributed by atoms with Gasteiger partial charge in [0.05, 0.1) is 30.1 Å². The first-order valence-electron chi connectivity index (χ1n) is 9.58. The van der Waals surface area contributed by atoms with Gasteiger partial charge in [-0.3, -0.25) is 9.10 Å². The predicted molar refractivity (Wildman–Crippen MR) is 118 cm³/mol. The number of hydrogen-bond donors (Lipinski definition) is 0. The second-order valence-corrected chi connectivity index (χ2v) is 10.9. The van der Waals surface area contributed by atoms with Crippen molar-refractivity contribution >= 4 is 37.3 Å². The molecule has 1 aliphatic heterocycles. The van der Waals surface area contributed by atoms with Crippen molar-refractivity contribution in [2.75, 3.05) is 55.4 Å². The molecule has 1 heterocycles. The van der Waals surface area contributed by atoms with Gasteiger partial charge in [0.1, 0.15) is 6.54 Å². The van der Waals surface area contributed by atoms with Gasteiger partial charge in [0.2, 0.25) is 26.0 Å². The van der Waals surface area contributed by atoms with Crippen LogP contribution in [0.15, 0.2) is 59.5 Å². The molecule has 11 heteroatoms. The molecule has 9 nitrogen and oxygen atoms in total. The topological polar surface area (TPSA) is 104 Å². The van der Waals surface area contributed by atoms with Gasteiger partial charge in [-0.2, -0.15) is 4.31 Å². The highest BCUT2D eigenvalue weighted by Crippen LogP contribution is 2.23. The molecule has 1 saturated heterocycles. The molecule has 31 heavy (non-hydrogen) atoms. The molecule has 1 fully saturated rings. The van der Waals surface area contributed by atoms with Gasteiger partial charge < -0.3 is 9.64 Å². The van der Waals surface area contributed by atoms with Crippen LogP contribution in [-0.2, 0) is 29.6 Å². The summed E-state index contributed by atoms with van der Waals surface area (Å²) in [6.45, 7) is 0.770. The van der Waals surface area contributed by atoms with E-state index >= 15 is 0 Å². The van der Waals surface area contributed by atoms with Crippen LogP contribution in [0.25, 0.3) is 0 Å². The number of likely N-dealkylation sites (N-methyl/N-ethyl adjacent to an activating group) is 1. The predicted octanol–water partition coefficient (Wildman–Crippen LogP) is 1.14. The van der Waals surface area contributed by atoms with E-state index in [2.05, 4.69) is 0 Å². The summed E-state index contributed by atoms with van der Waals surface area (Å²) in [6, 6.07) is 14.4. The third-order valence-corrected chi connectivity index (χ3v) is 7.98. The van der Waals surface area contributed by atoms with E-state index in [0.29, 0.717) is 18.9 Å². The molecule has 0 N–H and O–H groups in total. The number of morpholine rings is 1. The van der Waals surface area contributed by atoms with Crippen molar-refractivity contribution in [2.45, 2.75) is 4.90 Å². The van der Waals surface area contributed by atoms with Crippen LogP contribution in [0.5, 0.6) is 0 Å². The SMILES string of the molecule is CN(C(=O)CN(c1ccc(S(=O)(=O)N2CCOCC2)cc1)S(C)(=O)=O)c1ccccc1. The van der Waals surface area contributed by atoms with Crippen LogP contribution in [-0.4, -0.2) is 73.2 Å². The molecular weight excluding hydrogens is 442 g/mol. The van der Waals surface area contributed by atoms with Gasteiger partial charge in [-0.05, 0) is 36.4 Å². The number of para-hydroxylation sites is 1. The van der Waals surface area contributed by atoms with Gasteiger partial charge in [0.25, 0.3) is 0 Å². The Kier molecular flexibility index (Phi) is 6.99. The Bertz CT molecular complexity index is 1110. The molecule has 0 aliphatic carbocycles. The maximum absolute atomic E-state index is 12.8. The first-order chi connectivity index (χ1) is 14.6. The van der Waals surface area contributed by atoms with Crippen molar-refractivity contribution in [2.24, 2.45) is 0 Å². The minimum atomic E-state index is -3.79. The molecule has 0 saturated carbocycles. The zero-order valence-electron chi connectivity index (χ0n) is 17.3. The van der Waals surface area contributed by atoms with Crippen LogP contribution in [0.1, 0.15) is 0 Å². The number of amides is 1. The molecule has 0 unspecified atom stereocenters. The zero-order chi connectivity index (χ0) is 22.6. The number of anilines is 2. The van der Waals surface area contributed by atoms with Crippen LogP contribution in [0.4, 0.5) is 11.4 Å². The third kappa shape index (κ3) is 5.42. The van der Waals surface area contributed by atoms with Crippen LogP contribution < -0.4 is 9.21 Å². The molecule has 0 aromatic heterocycles. The van der Waals surface area contributed by atoms with Gasteiger partial charge in [-0.15, -0.1) is 0 Å². The number of nitrogens with zero attached hydrogens (tertiary/aromatic N) is 3. The maximum atomic E-state index is 12.8. The second-order valence-electron chi connectivity index (χ2n) is 7.07. The summed E-state index contributed by atoms with van der Waals surface area (Å²) < 4.78 is 57.8. The van der Waals surface area contributed by atoms with Gasteiger partial charge in [0.15, 0.2) is 0 Å². The number of carbonyl (C=O) groups excluding carboxylic acids is 1. The van der Waals surface area contributed by atoms with Crippen molar-refractivity contribution in [1.29, 1.82) is 0 Å². The lowest BCUT2D eigenvalue weighted by Gasteiger charge is -2.27. The van der Waals surface area contributed by atoms with E-state index in [0.717, 1.165) is 10.6 Å². The lowest BCUT2D eigenvalue weighted by Crippen LogP contribution is -2.41. The fourth-order valence-corrected chi connectivity index (χ4v) is 5.40. The fourth-order valence-electron chi connectivity index (χ4n) is 3.14. The van der Waals surface area contributed by atoms with Crippen LogP contribution in [0.2, 0.25) is 0 Å². The summed E-state index contributed by atoms with van der Waals surface area (Å²) in [5.41, 5.74) is 0.839. The Labute approximate surface area is 182 Å². The largest absolute Gasteiger partial charge is 0.379 e. The average molecular weight is 468 g/mol. The first-order valence-corrected chi connectivity index (χ1v) is 12.9. The van der Waals surface area contributed by atoms with E-state index in [1.54, 1.807) is 31.3 Å². The number of sulfonamides is 2. The Morgan fingerprint density at radius 2 is 1.52 bits per heavy atom. The number of ether oxygens (including phenoxy) is 1. The quantitative estimate of drug-likeness (QED) is 0.605. The zero-order valence-corrected chi connectivity index (χ0v) is 19.0. The molecule has 1 amide bonds. The highest BCUT2D eigenvalue weighted by atomic mass is 32.2. The van der Waals surface area contributed by atoms with E-state index in [1.807, 2.05) is 6.07 Å². The van der Waals surface area contributed by atoms with Gasteiger partial charge in [0, 0.05) is 25.8 Å². The summed E-state index contributed by atoms with van der Waals surface area (Å²) in [5, 5.41) is 0. The Hall–Kier alpha value is -2.47. The molecule has 0 spiro atoms. The summed E-state index contributed by atoms with van der Waals surface area (Å²) in [5.74, 6) is -0.429. The van der Waals surface area contributed by atoms with Crippen LogP contribution >= 0.6 is 0 Å². The number of hydrogen-bond acceptors (Lipinski definition) is 6. The molecule has 3 rings (SSSR count). The number of carbonyl (C=O) groups is 1.